The summed E-state index contributed by atoms with van der Waals surface area (Å²) in [5.41, 5.74) is 2.36. The van der Waals surface area contributed by atoms with Crippen LogP contribution in [0.2, 0.25) is 0 Å². The van der Waals surface area contributed by atoms with Crippen LogP contribution in [0.5, 0.6) is 11.5 Å². The largest absolute Gasteiger partial charge is 0.504 e. The van der Waals surface area contributed by atoms with E-state index in [9.17, 15) is 9.90 Å². The van der Waals surface area contributed by atoms with Crippen molar-refractivity contribution in [2.75, 3.05) is 38.3 Å². The summed E-state index contributed by atoms with van der Waals surface area (Å²) in [4.78, 5) is 14.8. The summed E-state index contributed by atoms with van der Waals surface area (Å²) >= 11 is 0. The van der Waals surface area contributed by atoms with Gasteiger partial charge in [0.05, 0.1) is 25.9 Å². The van der Waals surface area contributed by atoms with Crippen molar-refractivity contribution in [1.29, 1.82) is 0 Å². The highest BCUT2D eigenvalue weighted by atomic mass is 16.5. The van der Waals surface area contributed by atoms with E-state index in [1.165, 1.54) is 7.11 Å². The van der Waals surface area contributed by atoms with Crippen LogP contribution in [0.25, 0.3) is 0 Å². The van der Waals surface area contributed by atoms with Crippen LogP contribution in [0.1, 0.15) is 15.9 Å². The molecule has 1 aliphatic heterocycles. The minimum absolute atomic E-state index is 0.0583. The lowest BCUT2D eigenvalue weighted by atomic mass is 10.1. The molecule has 0 bridgehead atoms. The highest BCUT2D eigenvalue weighted by molar-refractivity contribution is 5.99. The minimum Gasteiger partial charge on any atom is -0.504 e. The molecule has 3 rings (SSSR count). The first-order chi connectivity index (χ1) is 12.2. The molecule has 0 spiro atoms. The molecular formula is C19H22N2O4. The predicted molar refractivity (Wildman–Crippen MR) is 95.3 cm³/mol. The topological polar surface area (TPSA) is 71.0 Å². The van der Waals surface area contributed by atoms with Crippen molar-refractivity contribution in [3.05, 3.63) is 53.6 Å². The fourth-order valence-corrected chi connectivity index (χ4v) is 2.87. The van der Waals surface area contributed by atoms with Crippen LogP contribution in [0.4, 0.5) is 5.69 Å². The molecular weight excluding hydrogens is 320 g/mol. The summed E-state index contributed by atoms with van der Waals surface area (Å²) in [6.07, 6.45) is 0. The molecule has 1 aliphatic rings. The molecule has 132 valence electrons. The Morgan fingerprint density at radius 2 is 2.00 bits per heavy atom. The van der Waals surface area contributed by atoms with E-state index in [0.29, 0.717) is 31.1 Å². The number of benzene rings is 2. The Balaban J connectivity index is 1.70. The minimum atomic E-state index is -0.141. The molecule has 0 radical (unpaired) electrons. The first-order valence-electron chi connectivity index (χ1n) is 8.25. The van der Waals surface area contributed by atoms with Crippen LogP contribution in [0.3, 0.4) is 0 Å². The standard InChI is InChI=1S/C19H22N2O4/c1-24-18-7-6-14(12-17(18)22)13-20-19(23)15-4-2-3-5-16(15)21-8-10-25-11-9-21/h2-7,12,22H,8-11,13H2,1H3,(H,20,23). The molecule has 25 heavy (non-hydrogen) atoms. The summed E-state index contributed by atoms with van der Waals surface area (Å²) in [5, 5.41) is 12.7. The molecule has 0 aromatic heterocycles. The normalized spacial score (nSPS) is 14.2. The first kappa shape index (κ1) is 17.1. The van der Waals surface area contributed by atoms with Crippen LogP contribution in [-0.4, -0.2) is 44.4 Å². The van der Waals surface area contributed by atoms with E-state index in [0.717, 1.165) is 24.3 Å². The second kappa shape index (κ2) is 7.90. The SMILES string of the molecule is COc1ccc(CNC(=O)c2ccccc2N2CCOCC2)cc1O. The van der Waals surface area contributed by atoms with E-state index in [4.69, 9.17) is 9.47 Å². The smallest absolute Gasteiger partial charge is 0.253 e. The van der Waals surface area contributed by atoms with Gasteiger partial charge in [-0.25, -0.2) is 0 Å². The van der Waals surface area contributed by atoms with Gasteiger partial charge in [0.15, 0.2) is 11.5 Å². The quantitative estimate of drug-likeness (QED) is 0.871. The maximum absolute atomic E-state index is 12.6. The average molecular weight is 342 g/mol. The van der Waals surface area contributed by atoms with Crippen molar-refractivity contribution in [2.45, 2.75) is 6.54 Å². The summed E-state index contributed by atoms with van der Waals surface area (Å²) in [6, 6.07) is 12.7. The number of phenolic OH excluding ortho intramolecular Hbond substituents is 1. The van der Waals surface area contributed by atoms with Gasteiger partial charge in [0, 0.05) is 25.3 Å². The summed E-state index contributed by atoms with van der Waals surface area (Å²) in [5.74, 6) is 0.327. The van der Waals surface area contributed by atoms with Gasteiger partial charge in [-0.1, -0.05) is 18.2 Å². The molecule has 2 aromatic rings. The number of ether oxygens (including phenoxy) is 2. The van der Waals surface area contributed by atoms with Gasteiger partial charge >= 0.3 is 0 Å². The van der Waals surface area contributed by atoms with Crippen LogP contribution in [0, 0.1) is 0 Å². The van der Waals surface area contributed by atoms with Crippen LogP contribution >= 0.6 is 0 Å². The number of morpholine rings is 1. The zero-order chi connectivity index (χ0) is 17.6. The number of para-hydroxylation sites is 1. The van der Waals surface area contributed by atoms with Gasteiger partial charge in [0.25, 0.3) is 5.91 Å². The summed E-state index contributed by atoms with van der Waals surface area (Å²) in [6.45, 7) is 3.21. The molecule has 2 aromatic carbocycles. The number of hydrogen-bond acceptors (Lipinski definition) is 5. The number of amides is 1. The monoisotopic (exact) mass is 342 g/mol. The molecule has 0 aliphatic carbocycles. The first-order valence-corrected chi connectivity index (χ1v) is 8.25. The van der Waals surface area contributed by atoms with E-state index in [1.807, 2.05) is 30.3 Å². The second-order valence-corrected chi connectivity index (χ2v) is 5.81. The second-order valence-electron chi connectivity index (χ2n) is 5.81. The molecule has 2 N–H and O–H groups in total. The number of aromatic hydroxyl groups is 1. The maximum Gasteiger partial charge on any atom is 0.253 e. The molecule has 0 atom stereocenters. The Morgan fingerprint density at radius 1 is 1.24 bits per heavy atom. The fraction of sp³-hybridized carbons (Fsp3) is 0.316. The Kier molecular flexibility index (Phi) is 5.40. The van der Waals surface area contributed by atoms with E-state index < -0.39 is 0 Å². The van der Waals surface area contributed by atoms with E-state index in [1.54, 1.807) is 12.1 Å². The van der Waals surface area contributed by atoms with Crippen molar-refractivity contribution in [1.82, 2.24) is 5.32 Å². The Bertz CT molecular complexity index is 742. The Morgan fingerprint density at radius 3 is 2.72 bits per heavy atom. The van der Waals surface area contributed by atoms with Crippen LogP contribution in [0.15, 0.2) is 42.5 Å². The number of carbonyl (C=O) groups is 1. The highest BCUT2D eigenvalue weighted by Crippen LogP contribution is 2.26. The zero-order valence-electron chi connectivity index (χ0n) is 14.2. The molecule has 0 unspecified atom stereocenters. The molecule has 1 fully saturated rings. The molecule has 1 saturated heterocycles. The van der Waals surface area contributed by atoms with Crippen molar-refractivity contribution in [3.63, 3.8) is 0 Å². The lowest BCUT2D eigenvalue weighted by molar-refractivity contribution is 0.0949. The number of phenols is 1. The third-order valence-electron chi connectivity index (χ3n) is 4.20. The number of carbonyl (C=O) groups excluding carboxylic acids is 1. The van der Waals surface area contributed by atoms with Crippen molar-refractivity contribution >= 4 is 11.6 Å². The summed E-state index contributed by atoms with van der Waals surface area (Å²) in [7, 11) is 1.50. The van der Waals surface area contributed by atoms with Crippen LogP contribution < -0.4 is 15.0 Å². The molecule has 6 heteroatoms. The van der Waals surface area contributed by atoms with Crippen LogP contribution in [-0.2, 0) is 11.3 Å². The van der Waals surface area contributed by atoms with Gasteiger partial charge in [-0.2, -0.15) is 0 Å². The van der Waals surface area contributed by atoms with E-state index >= 15 is 0 Å². The number of nitrogens with zero attached hydrogens (tertiary/aromatic N) is 1. The lowest BCUT2D eigenvalue weighted by Gasteiger charge is -2.30. The maximum atomic E-state index is 12.6. The number of nitrogens with one attached hydrogen (secondary N) is 1. The molecule has 6 nitrogen and oxygen atoms in total. The number of anilines is 1. The van der Waals surface area contributed by atoms with E-state index in [2.05, 4.69) is 10.2 Å². The average Bonchev–Trinajstić information content (AvgIpc) is 2.67. The van der Waals surface area contributed by atoms with Gasteiger partial charge < -0.3 is 24.8 Å². The zero-order valence-corrected chi connectivity index (χ0v) is 14.2. The highest BCUT2D eigenvalue weighted by Gasteiger charge is 2.18. The van der Waals surface area contributed by atoms with Crippen molar-refractivity contribution in [2.24, 2.45) is 0 Å². The molecule has 1 heterocycles. The van der Waals surface area contributed by atoms with Crippen molar-refractivity contribution < 1.29 is 19.4 Å². The number of methoxy groups -OCH3 is 1. The Hall–Kier alpha value is -2.73. The number of hydrogen-bond donors (Lipinski definition) is 2. The molecule has 0 saturated carbocycles. The van der Waals surface area contributed by atoms with Crippen molar-refractivity contribution in [3.8, 4) is 11.5 Å². The summed E-state index contributed by atoms with van der Waals surface area (Å²) < 4.78 is 10.4. The van der Waals surface area contributed by atoms with Gasteiger partial charge in [-0.05, 0) is 29.8 Å². The van der Waals surface area contributed by atoms with Gasteiger partial charge in [0.2, 0.25) is 0 Å². The predicted octanol–water partition coefficient (Wildman–Crippen LogP) is 2.17. The fourth-order valence-electron chi connectivity index (χ4n) is 2.87. The van der Waals surface area contributed by atoms with E-state index in [-0.39, 0.29) is 11.7 Å². The van der Waals surface area contributed by atoms with Gasteiger partial charge in [-0.15, -0.1) is 0 Å². The van der Waals surface area contributed by atoms with Gasteiger partial charge in [-0.3, -0.25) is 4.79 Å². The van der Waals surface area contributed by atoms with Gasteiger partial charge in [0.1, 0.15) is 0 Å². The third kappa shape index (κ3) is 4.03. The molecule has 1 amide bonds. The number of rotatable bonds is 5. The third-order valence-corrected chi connectivity index (χ3v) is 4.20. The lowest BCUT2D eigenvalue weighted by Crippen LogP contribution is -2.37. The Labute approximate surface area is 147 Å².